The van der Waals surface area contributed by atoms with Crippen molar-refractivity contribution in [3.63, 3.8) is 0 Å². The van der Waals surface area contributed by atoms with E-state index in [2.05, 4.69) is 20.7 Å². The Balaban J connectivity index is 1.87. The Morgan fingerprint density at radius 1 is 1.39 bits per heavy atom. The van der Waals surface area contributed by atoms with Gasteiger partial charge in [0.2, 0.25) is 5.91 Å². The fourth-order valence-corrected chi connectivity index (χ4v) is 1.64. The molecule has 0 saturated carbocycles. The molecule has 2 aromatic rings. The number of anilines is 1. The summed E-state index contributed by atoms with van der Waals surface area (Å²) in [6.45, 7) is 3.32. The van der Waals surface area contributed by atoms with E-state index in [1.807, 2.05) is 13.0 Å². The molecule has 0 aliphatic carbocycles. The number of rotatable bonds is 6. The molecular formula is C12H17N5O. The van der Waals surface area contributed by atoms with Crippen LogP contribution in [-0.4, -0.2) is 33.6 Å². The monoisotopic (exact) mass is 247 g/mol. The van der Waals surface area contributed by atoms with Gasteiger partial charge in [-0.05, 0) is 12.5 Å². The van der Waals surface area contributed by atoms with Gasteiger partial charge in [-0.15, -0.1) is 0 Å². The molecule has 0 spiro atoms. The van der Waals surface area contributed by atoms with E-state index in [9.17, 15) is 4.79 Å². The first-order valence-electron chi connectivity index (χ1n) is 6.10. The number of nitrogens with one attached hydrogen (secondary N) is 2. The molecule has 2 rings (SSSR count). The molecule has 18 heavy (non-hydrogen) atoms. The van der Waals surface area contributed by atoms with Gasteiger partial charge in [-0.3, -0.25) is 4.79 Å². The van der Waals surface area contributed by atoms with Gasteiger partial charge in [-0.25, -0.2) is 9.50 Å². The maximum atomic E-state index is 11.4. The van der Waals surface area contributed by atoms with E-state index < -0.39 is 0 Å². The summed E-state index contributed by atoms with van der Waals surface area (Å²) >= 11 is 0. The fraction of sp³-hybridized carbons (Fsp3) is 0.417. The van der Waals surface area contributed by atoms with Gasteiger partial charge in [0.05, 0.1) is 6.20 Å². The SMILES string of the molecule is CCCNC(=O)CCNc1nccn2nccc12. The van der Waals surface area contributed by atoms with E-state index in [1.54, 1.807) is 23.1 Å². The van der Waals surface area contributed by atoms with Crippen LogP contribution in [0.5, 0.6) is 0 Å². The van der Waals surface area contributed by atoms with Crippen molar-refractivity contribution in [3.05, 3.63) is 24.7 Å². The summed E-state index contributed by atoms with van der Waals surface area (Å²) in [5.74, 6) is 0.808. The topological polar surface area (TPSA) is 71.3 Å². The number of nitrogens with zero attached hydrogens (tertiary/aromatic N) is 3. The van der Waals surface area contributed by atoms with Crippen molar-refractivity contribution in [1.29, 1.82) is 0 Å². The third kappa shape index (κ3) is 2.97. The van der Waals surface area contributed by atoms with E-state index >= 15 is 0 Å². The number of hydrogen-bond acceptors (Lipinski definition) is 4. The molecule has 0 aliphatic heterocycles. The lowest BCUT2D eigenvalue weighted by Gasteiger charge is -2.07. The lowest BCUT2D eigenvalue weighted by Crippen LogP contribution is -2.26. The van der Waals surface area contributed by atoms with Crippen LogP contribution in [0.4, 0.5) is 5.82 Å². The average Bonchev–Trinajstić information content (AvgIpc) is 2.85. The minimum Gasteiger partial charge on any atom is -0.368 e. The summed E-state index contributed by atoms with van der Waals surface area (Å²) < 4.78 is 1.74. The molecule has 0 aromatic carbocycles. The predicted molar refractivity (Wildman–Crippen MR) is 69.4 cm³/mol. The smallest absolute Gasteiger partial charge is 0.221 e. The van der Waals surface area contributed by atoms with Crippen LogP contribution in [0.15, 0.2) is 24.7 Å². The van der Waals surface area contributed by atoms with Crippen molar-refractivity contribution < 1.29 is 4.79 Å². The molecule has 2 aromatic heterocycles. The molecule has 1 amide bonds. The molecular weight excluding hydrogens is 230 g/mol. The van der Waals surface area contributed by atoms with Crippen LogP contribution in [-0.2, 0) is 4.79 Å². The molecule has 0 atom stereocenters. The third-order valence-corrected chi connectivity index (χ3v) is 2.54. The van der Waals surface area contributed by atoms with Crippen LogP contribution in [0.3, 0.4) is 0 Å². The van der Waals surface area contributed by atoms with Crippen molar-refractivity contribution in [2.75, 3.05) is 18.4 Å². The zero-order chi connectivity index (χ0) is 12.8. The van der Waals surface area contributed by atoms with Crippen molar-refractivity contribution in [1.82, 2.24) is 19.9 Å². The van der Waals surface area contributed by atoms with Crippen LogP contribution >= 0.6 is 0 Å². The molecule has 6 nitrogen and oxygen atoms in total. The molecule has 2 N–H and O–H groups in total. The van der Waals surface area contributed by atoms with Gasteiger partial charge in [0.1, 0.15) is 5.52 Å². The highest BCUT2D eigenvalue weighted by Gasteiger charge is 2.04. The highest BCUT2D eigenvalue weighted by atomic mass is 16.1. The summed E-state index contributed by atoms with van der Waals surface area (Å²) in [7, 11) is 0. The number of hydrogen-bond donors (Lipinski definition) is 2. The lowest BCUT2D eigenvalue weighted by atomic mass is 10.3. The first-order valence-corrected chi connectivity index (χ1v) is 6.10. The molecule has 0 saturated heterocycles. The number of fused-ring (bicyclic) bond motifs is 1. The molecule has 0 aliphatic rings. The zero-order valence-electron chi connectivity index (χ0n) is 10.4. The molecule has 0 unspecified atom stereocenters. The molecule has 2 heterocycles. The molecule has 96 valence electrons. The fourth-order valence-electron chi connectivity index (χ4n) is 1.64. The number of carbonyl (C=O) groups is 1. The maximum absolute atomic E-state index is 11.4. The minimum atomic E-state index is 0.0600. The Labute approximate surface area is 105 Å². The normalized spacial score (nSPS) is 10.5. The molecule has 0 radical (unpaired) electrons. The lowest BCUT2D eigenvalue weighted by molar-refractivity contribution is -0.120. The number of aromatic nitrogens is 3. The van der Waals surface area contributed by atoms with Gasteiger partial charge < -0.3 is 10.6 Å². The minimum absolute atomic E-state index is 0.0600. The molecule has 0 fully saturated rings. The van der Waals surface area contributed by atoms with Crippen LogP contribution < -0.4 is 10.6 Å². The van der Waals surface area contributed by atoms with Gasteiger partial charge in [-0.2, -0.15) is 5.10 Å². The Kier molecular flexibility index (Phi) is 4.11. The average molecular weight is 247 g/mol. The second-order valence-electron chi connectivity index (χ2n) is 3.96. The Morgan fingerprint density at radius 3 is 3.11 bits per heavy atom. The van der Waals surface area contributed by atoms with Crippen molar-refractivity contribution >= 4 is 17.2 Å². The van der Waals surface area contributed by atoms with E-state index in [4.69, 9.17) is 0 Å². The van der Waals surface area contributed by atoms with Crippen molar-refractivity contribution in [2.24, 2.45) is 0 Å². The van der Waals surface area contributed by atoms with E-state index in [1.165, 1.54) is 0 Å². The summed E-state index contributed by atoms with van der Waals surface area (Å²) in [5.41, 5.74) is 0.909. The largest absolute Gasteiger partial charge is 0.368 e. The number of amides is 1. The van der Waals surface area contributed by atoms with Crippen LogP contribution in [0.2, 0.25) is 0 Å². The first kappa shape index (κ1) is 12.3. The number of carbonyl (C=O) groups excluding carboxylic acids is 1. The van der Waals surface area contributed by atoms with E-state index in [0.29, 0.717) is 13.0 Å². The summed E-state index contributed by atoms with van der Waals surface area (Å²) in [4.78, 5) is 15.7. The van der Waals surface area contributed by atoms with Crippen LogP contribution in [0.1, 0.15) is 19.8 Å². The third-order valence-electron chi connectivity index (χ3n) is 2.54. The molecule has 6 heteroatoms. The van der Waals surface area contributed by atoms with E-state index in [0.717, 1.165) is 24.3 Å². The highest BCUT2D eigenvalue weighted by molar-refractivity contribution is 5.76. The van der Waals surface area contributed by atoms with Gasteiger partial charge in [-0.1, -0.05) is 6.92 Å². The van der Waals surface area contributed by atoms with Gasteiger partial charge in [0.25, 0.3) is 0 Å². The van der Waals surface area contributed by atoms with Crippen LogP contribution in [0.25, 0.3) is 5.52 Å². The second kappa shape index (κ2) is 6.00. The van der Waals surface area contributed by atoms with Crippen molar-refractivity contribution in [3.8, 4) is 0 Å². The highest BCUT2D eigenvalue weighted by Crippen LogP contribution is 2.11. The van der Waals surface area contributed by atoms with Gasteiger partial charge in [0, 0.05) is 31.9 Å². The summed E-state index contributed by atoms with van der Waals surface area (Å²) in [6.07, 6.45) is 6.58. The Bertz CT molecular complexity index is 522. The van der Waals surface area contributed by atoms with Gasteiger partial charge in [0.15, 0.2) is 5.82 Å². The summed E-state index contributed by atoms with van der Waals surface area (Å²) in [6, 6.07) is 1.88. The quantitative estimate of drug-likeness (QED) is 0.800. The predicted octanol–water partition coefficient (Wildman–Crippen LogP) is 1.06. The van der Waals surface area contributed by atoms with Gasteiger partial charge >= 0.3 is 0 Å². The Morgan fingerprint density at radius 2 is 2.28 bits per heavy atom. The molecule has 0 bridgehead atoms. The first-order chi connectivity index (χ1) is 8.81. The second-order valence-corrected chi connectivity index (χ2v) is 3.96. The summed E-state index contributed by atoms with van der Waals surface area (Å²) in [5, 5.41) is 10.1. The van der Waals surface area contributed by atoms with Crippen LogP contribution in [0, 0.1) is 0 Å². The van der Waals surface area contributed by atoms with E-state index in [-0.39, 0.29) is 5.91 Å². The van der Waals surface area contributed by atoms with Crippen molar-refractivity contribution in [2.45, 2.75) is 19.8 Å². The maximum Gasteiger partial charge on any atom is 0.221 e. The zero-order valence-corrected chi connectivity index (χ0v) is 10.4. The standard InChI is InChI=1S/C12H17N5O/c1-2-5-13-11(18)4-6-14-12-10-3-7-16-17(10)9-8-15-12/h3,7-9H,2,4-6H2,1H3,(H,13,18)(H,14,15). The Hall–Kier alpha value is -2.11.